The van der Waals surface area contributed by atoms with Crippen LogP contribution in [0.25, 0.3) is 0 Å². The van der Waals surface area contributed by atoms with Gasteiger partial charge < -0.3 is 14.6 Å². The van der Waals surface area contributed by atoms with Crippen LogP contribution in [0.3, 0.4) is 0 Å². The van der Waals surface area contributed by atoms with E-state index in [1.807, 2.05) is 68.6 Å². The summed E-state index contributed by atoms with van der Waals surface area (Å²) in [6.45, 7) is 2.29. The van der Waals surface area contributed by atoms with E-state index in [0.29, 0.717) is 23.8 Å². The topological polar surface area (TPSA) is 102 Å². The summed E-state index contributed by atoms with van der Waals surface area (Å²) in [7, 11) is 3.46. The lowest BCUT2D eigenvalue weighted by molar-refractivity contribution is -0.130. The summed E-state index contributed by atoms with van der Waals surface area (Å²) in [4.78, 5) is 25.9. The predicted octanol–water partition coefficient (Wildman–Crippen LogP) is 4.46. The van der Waals surface area contributed by atoms with Crippen molar-refractivity contribution < 1.29 is 14.3 Å². The Hall–Kier alpha value is -4.44. The van der Waals surface area contributed by atoms with Crippen LogP contribution in [0.4, 0.5) is 0 Å². The molecule has 1 atom stereocenters. The smallest absolute Gasteiger partial charge is 0.253 e. The van der Waals surface area contributed by atoms with Gasteiger partial charge in [0.05, 0.1) is 37.6 Å². The molecule has 5 rings (SSSR count). The molecule has 3 aromatic carbocycles. The van der Waals surface area contributed by atoms with Crippen LogP contribution in [0.1, 0.15) is 40.5 Å². The third-order valence-corrected chi connectivity index (χ3v) is 7.96. The van der Waals surface area contributed by atoms with E-state index in [0.717, 1.165) is 33.7 Å². The lowest BCUT2D eigenvalue weighted by Crippen LogP contribution is -2.28. The first kappa shape index (κ1) is 28.1. The SMILES string of the molecule is COc1ccc(C2=NN(C(=O)CSc3nnc(CNC(=O)Cc4ccccc4)n3C)[C@@H](c3ccc(C)cc3)C2)cc1. The van der Waals surface area contributed by atoms with Crippen LogP contribution in [-0.2, 0) is 29.6 Å². The number of hydrogen-bond donors (Lipinski definition) is 1. The van der Waals surface area contributed by atoms with Crippen molar-refractivity contribution in [3.63, 3.8) is 0 Å². The summed E-state index contributed by atoms with van der Waals surface area (Å²) in [5, 5.41) is 18.3. The van der Waals surface area contributed by atoms with Gasteiger partial charge in [-0.2, -0.15) is 5.10 Å². The molecule has 1 aromatic heterocycles. The van der Waals surface area contributed by atoms with Crippen LogP contribution in [-0.4, -0.2) is 50.2 Å². The van der Waals surface area contributed by atoms with Crippen molar-refractivity contribution in [2.24, 2.45) is 12.1 Å². The fraction of sp³-hybridized carbons (Fsp3) is 0.258. The van der Waals surface area contributed by atoms with Gasteiger partial charge in [-0.25, -0.2) is 5.01 Å². The number of carbonyl (C=O) groups is 2. The van der Waals surface area contributed by atoms with E-state index in [9.17, 15) is 9.59 Å². The molecule has 2 amide bonds. The Balaban J connectivity index is 1.24. The number of amides is 2. The van der Waals surface area contributed by atoms with E-state index < -0.39 is 0 Å². The predicted molar refractivity (Wildman–Crippen MR) is 159 cm³/mol. The van der Waals surface area contributed by atoms with E-state index in [4.69, 9.17) is 9.84 Å². The van der Waals surface area contributed by atoms with E-state index in [1.54, 1.807) is 16.7 Å². The molecule has 4 aromatic rings. The van der Waals surface area contributed by atoms with Crippen molar-refractivity contribution in [2.75, 3.05) is 12.9 Å². The van der Waals surface area contributed by atoms with E-state index in [-0.39, 0.29) is 30.2 Å². The van der Waals surface area contributed by atoms with E-state index in [1.165, 1.54) is 11.8 Å². The maximum Gasteiger partial charge on any atom is 0.253 e. The minimum absolute atomic E-state index is 0.0923. The second-order valence-corrected chi connectivity index (χ2v) is 10.8. The molecule has 0 radical (unpaired) electrons. The Labute approximate surface area is 243 Å². The second kappa shape index (κ2) is 12.8. The number of hydrogen-bond acceptors (Lipinski definition) is 7. The molecule has 0 unspecified atom stereocenters. The zero-order chi connectivity index (χ0) is 28.8. The number of benzene rings is 3. The number of nitrogens with zero attached hydrogens (tertiary/aromatic N) is 5. The van der Waals surface area contributed by atoms with Gasteiger partial charge in [0, 0.05) is 13.5 Å². The average Bonchev–Trinajstić information content (AvgIpc) is 3.60. The largest absolute Gasteiger partial charge is 0.497 e. The van der Waals surface area contributed by atoms with Crippen LogP contribution in [0, 0.1) is 6.92 Å². The van der Waals surface area contributed by atoms with Crippen molar-refractivity contribution in [3.8, 4) is 5.75 Å². The van der Waals surface area contributed by atoms with Crippen molar-refractivity contribution >= 4 is 29.3 Å². The van der Waals surface area contributed by atoms with Crippen LogP contribution in [0.2, 0.25) is 0 Å². The zero-order valence-corrected chi connectivity index (χ0v) is 24.1. The molecular formula is C31H32N6O3S. The Morgan fingerprint density at radius 3 is 2.44 bits per heavy atom. The van der Waals surface area contributed by atoms with Gasteiger partial charge in [0.15, 0.2) is 11.0 Å². The lowest BCUT2D eigenvalue weighted by Gasteiger charge is -2.22. The van der Waals surface area contributed by atoms with Gasteiger partial charge in [-0.1, -0.05) is 71.9 Å². The number of thioether (sulfide) groups is 1. The van der Waals surface area contributed by atoms with Crippen LogP contribution >= 0.6 is 11.8 Å². The molecule has 0 bridgehead atoms. The fourth-order valence-corrected chi connectivity index (χ4v) is 5.37. The Bertz CT molecular complexity index is 1530. The standard InChI is InChI=1S/C31H32N6O3S/c1-21-9-11-24(12-10-21)27-18-26(23-13-15-25(40-3)16-14-23)35-37(27)30(39)20-41-31-34-33-28(36(31)2)19-32-29(38)17-22-7-5-4-6-8-22/h4-16,27H,17-20H2,1-3H3,(H,32,38)/t27-/m1/s1. The normalized spacial score (nSPS) is 14.6. The minimum atomic E-state index is -0.198. The number of rotatable bonds is 10. The first-order valence-corrected chi connectivity index (χ1v) is 14.3. The maximum absolute atomic E-state index is 13.5. The number of methoxy groups -OCH3 is 1. The molecule has 1 N–H and O–H groups in total. The Morgan fingerprint density at radius 2 is 1.73 bits per heavy atom. The molecule has 41 heavy (non-hydrogen) atoms. The molecule has 2 heterocycles. The van der Waals surface area contributed by atoms with Crippen LogP contribution in [0.15, 0.2) is 89.1 Å². The van der Waals surface area contributed by atoms with Gasteiger partial charge in [0.1, 0.15) is 5.75 Å². The monoisotopic (exact) mass is 568 g/mol. The van der Waals surface area contributed by atoms with E-state index in [2.05, 4.69) is 39.8 Å². The Morgan fingerprint density at radius 1 is 1.00 bits per heavy atom. The highest BCUT2D eigenvalue weighted by atomic mass is 32.2. The summed E-state index contributed by atoms with van der Waals surface area (Å²) in [5.41, 5.74) is 4.95. The number of aryl methyl sites for hydroxylation is 1. The number of aromatic nitrogens is 3. The van der Waals surface area contributed by atoms with E-state index >= 15 is 0 Å². The molecular weight excluding hydrogens is 536 g/mol. The first-order valence-electron chi connectivity index (χ1n) is 13.3. The number of carbonyl (C=O) groups excluding carboxylic acids is 2. The summed E-state index contributed by atoms with van der Waals surface area (Å²) >= 11 is 1.30. The van der Waals surface area contributed by atoms with Crippen LogP contribution < -0.4 is 10.1 Å². The highest BCUT2D eigenvalue weighted by molar-refractivity contribution is 7.99. The third-order valence-electron chi connectivity index (χ3n) is 6.95. The lowest BCUT2D eigenvalue weighted by atomic mass is 9.97. The molecule has 9 nitrogen and oxygen atoms in total. The summed E-state index contributed by atoms with van der Waals surface area (Å²) < 4.78 is 7.09. The molecule has 0 saturated carbocycles. The molecule has 0 saturated heterocycles. The summed E-state index contributed by atoms with van der Waals surface area (Å²) in [5.74, 6) is 1.31. The summed E-state index contributed by atoms with van der Waals surface area (Å²) in [6.07, 6.45) is 0.911. The number of nitrogens with one attached hydrogen (secondary N) is 1. The Kier molecular flexibility index (Phi) is 8.79. The third kappa shape index (κ3) is 6.83. The van der Waals surface area contributed by atoms with Gasteiger partial charge >= 0.3 is 0 Å². The van der Waals surface area contributed by atoms with Crippen molar-refractivity contribution in [3.05, 3.63) is 107 Å². The molecule has 0 aliphatic carbocycles. The average molecular weight is 569 g/mol. The quantitative estimate of drug-likeness (QED) is 0.284. The number of ether oxygens (including phenoxy) is 1. The van der Waals surface area contributed by atoms with Gasteiger partial charge in [-0.05, 0) is 47.9 Å². The van der Waals surface area contributed by atoms with Gasteiger partial charge in [-0.3, -0.25) is 9.59 Å². The fourth-order valence-electron chi connectivity index (χ4n) is 4.58. The minimum Gasteiger partial charge on any atom is -0.497 e. The molecule has 10 heteroatoms. The number of hydrazone groups is 1. The summed E-state index contributed by atoms with van der Waals surface area (Å²) in [6, 6.07) is 25.3. The van der Waals surface area contributed by atoms with Crippen LogP contribution in [0.5, 0.6) is 5.75 Å². The zero-order valence-electron chi connectivity index (χ0n) is 23.3. The second-order valence-electron chi connectivity index (χ2n) is 9.83. The van der Waals surface area contributed by atoms with Crippen molar-refractivity contribution in [2.45, 2.75) is 37.5 Å². The van der Waals surface area contributed by atoms with Crippen molar-refractivity contribution in [1.82, 2.24) is 25.1 Å². The molecule has 0 fully saturated rings. The molecule has 1 aliphatic rings. The van der Waals surface area contributed by atoms with Crippen molar-refractivity contribution in [1.29, 1.82) is 0 Å². The molecule has 210 valence electrons. The van der Waals surface area contributed by atoms with Gasteiger partial charge in [0.25, 0.3) is 5.91 Å². The van der Waals surface area contributed by atoms with Gasteiger partial charge in [0.2, 0.25) is 5.91 Å². The molecule has 0 spiro atoms. The molecule has 1 aliphatic heterocycles. The highest BCUT2D eigenvalue weighted by Gasteiger charge is 2.33. The van der Waals surface area contributed by atoms with Gasteiger partial charge in [-0.15, -0.1) is 10.2 Å². The highest BCUT2D eigenvalue weighted by Crippen LogP contribution is 2.34. The first-order chi connectivity index (χ1) is 19.9. The maximum atomic E-state index is 13.5.